The van der Waals surface area contributed by atoms with Gasteiger partial charge in [-0.3, -0.25) is 52.7 Å². The summed E-state index contributed by atoms with van der Waals surface area (Å²) in [4.78, 5) is 140. The lowest BCUT2D eigenvalue weighted by Crippen LogP contribution is -2.67. The van der Waals surface area contributed by atoms with Crippen LogP contribution in [0.15, 0.2) is 30.3 Å². The number of carbonyl (C=O) groups excluding carboxylic acids is 11. The highest BCUT2D eigenvalue weighted by atomic mass is 16.8. The normalized spacial score (nSPS) is 29.9. The number of rotatable bonds is 20. The van der Waals surface area contributed by atoms with Gasteiger partial charge in [-0.1, -0.05) is 30.3 Å². The summed E-state index contributed by atoms with van der Waals surface area (Å²) >= 11 is 0. The first-order valence-corrected chi connectivity index (χ1v) is 22.3. The fourth-order valence-electron chi connectivity index (χ4n) is 7.98. The van der Waals surface area contributed by atoms with Crippen molar-refractivity contribution in [2.45, 2.75) is 168 Å². The zero-order valence-electron chi connectivity index (χ0n) is 41.0. The molecule has 0 saturated carbocycles. The number of esters is 10. The van der Waals surface area contributed by atoms with E-state index in [9.17, 15) is 52.7 Å². The van der Waals surface area contributed by atoms with E-state index in [2.05, 4.69) is 0 Å². The fraction of sp³-hybridized carbons (Fsp3) is 0.630. The molecule has 3 heterocycles. The van der Waals surface area contributed by atoms with E-state index in [-0.39, 0.29) is 6.42 Å². The summed E-state index contributed by atoms with van der Waals surface area (Å²) in [6.45, 7) is 7.76. The summed E-state index contributed by atoms with van der Waals surface area (Å²) < 4.78 is 86.1. The average Bonchev–Trinajstić information content (AvgIpc) is 3.25. The molecule has 72 heavy (non-hydrogen) atoms. The Labute approximate surface area is 411 Å². The molecule has 398 valence electrons. The molecule has 0 radical (unpaired) electrons. The Morgan fingerprint density at radius 1 is 0.375 bits per heavy atom. The Morgan fingerprint density at radius 3 is 1.17 bits per heavy atom. The van der Waals surface area contributed by atoms with Crippen LogP contribution in [0.4, 0.5) is 0 Å². The van der Waals surface area contributed by atoms with E-state index in [1.54, 1.807) is 30.3 Å². The first-order chi connectivity index (χ1) is 33.8. The van der Waals surface area contributed by atoms with Crippen molar-refractivity contribution in [2.24, 2.45) is 0 Å². The van der Waals surface area contributed by atoms with Gasteiger partial charge in [0.1, 0.15) is 37.6 Å². The lowest BCUT2D eigenvalue weighted by Gasteiger charge is -2.49. The van der Waals surface area contributed by atoms with Crippen LogP contribution in [0.2, 0.25) is 0 Å². The SMILES string of the molecule is CC(=O)OC[C@H]1O[C@H](O[C@H]2[C@H](OC(C)=O)[C@@H](OC(C)=O)[C@@H](OC[C@H]3O[C@H](C(=O)Cc4ccccc4)[C@H](OC(C)=O)[C@@H](OC(C)=O)[C@@H]3OC(C)=O)O[C@@H]2COC(C)=O)[C@H](OC(C)=O)[C@@H](OC(C)=O)[C@@H]1OC(C)=O. The number of benzene rings is 1. The zero-order chi connectivity index (χ0) is 53.6. The lowest BCUT2D eigenvalue weighted by atomic mass is 9.90. The third-order valence-corrected chi connectivity index (χ3v) is 10.4. The maximum absolute atomic E-state index is 14.1. The first kappa shape index (κ1) is 58.0. The minimum absolute atomic E-state index is 0.287. The molecule has 3 aliphatic heterocycles. The van der Waals surface area contributed by atoms with Crippen molar-refractivity contribution in [3.05, 3.63) is 35.9 Å². The van der Waals surface area contributed by atoms with Gasteiger partial charge in [0, 0.05) is 75.7 Å². The molecule has 0 spiro atoms. The van der Waals surface area contributed by atoms with Gasteiger partial charge in [0.15, 0.2) is 73.3 Å². The molecular weight excluding hydrogens is 968 g/mol. The van der Waals surface area contributed by atoms with E-state index in [0.29, 0.717) is 5.56 Å². The van der Waals surface area contributed by atoms with Crippen molar-refractivity contribution in [1.29, 1.82) is 0 Å². The van der Waals surface area contributed by atoms with Crippen LogP contribution in [0.25, 0.3) is 0 Å². The van der Waals surface area contributed by atoms with Gasteiger partial charge >= 0.3 is 59.7 Å². The maximum atomic E-state index is 14.1. The van der Waals surface area contributed by atoms with E-state index in [0.717, 1.165) is 69.2 Å². The molecule has 0 bridgehead atoms. The van der Waals surface area contributed by atoms with E-state index < -0.39 is 177 Å². The van der Waals surface area contributed by atoms with Gasteiger partial charge in [-0.05, 0) is 5.56 Å². The van der Waals surface area contributed by atoms with Crippen LogP contribution in [0.1, 0.15) is 74.8 Å². The molecule has 3 aliphatic rings. The van der Waals surface area contributed by atoms with Gasteiger partial charge in [-0.25, -0.2) is 0 Å². The van der Waals surface area contributed by atoms with Crippen LogP contribution in [0, 0.1) is 0 Å². The standard InChI is InChI=1S/C46H58O26/c1-20(47)58-17-33-37(62-23(4)50)41(65-26(7)53)44(68-29(10)56)46(71-33)72-38-34(18-59-21(2)48)70-45(43(67-28(9)55)42(38)66-27(8)54)60-19-32-36(61-22(3)49)40(64-25(6)52)39(63-24(5)51)35(69-32)31(57)16-30-14-12-11-13-15-30/h11-15,32-46H,16-19H2,1-10H3/t32-,33-,34-,35-,36-,37-,38-,39+,40+,41+,42+,43-,44-,45+,46-/m1/s1. The molecule has 0 amide bonds. The third-order valence-electron chi connectivity index (χ3n) is 10.4. The number of ether oxygens (including phenoxy) is 15. The van der Waals surface area contributed by atoms with Crippen molar-refractivity contribution < 1.29 is 124 Å². The minimum atomic E-state index is -1.97. The number of hydrogen-bond donors (Lipinski definition) is 0. The second-order valence-corrected chi connectivity index (χ2v) is 16.4. The minimum Gasteiger partial charge on any atom is -0.463 e. The molecule has 3 saturated heterocycles. The molecule has 0 aromatic heterocycles. The van der Waals surface area contributed by atoms with Gasteiger partial charge in [0.05, 0.1) is 6.61 Å². The molecule has 26 heteroatoms. The van der Waals surface area contributed by atoms with Gasteiger partial charge < -0.3 is 71.1 Å². The zero-order valence-corrected chi connectivity index (χ0v) is 41.0. The van der Waals surface area contributed by atoms with Crippen molar-refractivity contribution in [1.82, 2.24) is 0 Å². The molecule has 4 rings (SSSR count). The average molecular weight is 1030 g/mol. The van der Waals surface area contributed by atoms with Crippen LogP contribution in [-0.2, 0) is 130 Å². The van der Waals surface area contributed by atoms with Gasteiger partial charge in [0.25, 0.3) is 0 Å². The van der Waals surface area contributed by atoms with Crippen LogP contribution < -0.4 is 0 Å². The monoisotopic (exact) mass is 1030 g/mol. The molecule has 3 fully saturated rings. The lowest BCUT2D eigenvalue weighted by molar-refractivity contribution is -0.363. The number of Topliss-reactive ketones (excluding diaryl/α,β-unsaturated/α-hetero) is 1. The summed E-state index contributed by atoms with van der Waals surface area (Å²) in [7, 11) is 0. The molecule has 1 aromatic carbocycles. The smallest absolute Gasteiger partial charge is 0.303 e. The summed E-state index contributed by atoms with van der Waals surface area (Å²) in [5.74, 6) is -10.2. The third kappa shape index (κ3) is 17.0. The highest BCUT2D eigenvalue weighted by Crippen LogP contribution is 2.37. The second kappa shape index (κ2) is 26.7. The van der Waals surface area contributed by atoms with Gasteiger partial charge in [-0.15, -0.1) is 0 Å². The summed E-state index contributed by atoms with van der Waals surface area (Å²) in [6, 6.07) is 8.33. The quantitative estimate of drug-likeness (QED) is 0.122. The van der Waals surface area contributed by atoms with Crippen molar-refractivity contribution >= 4 is 65.5 Å². The summed E-state index contributed by atoms with van der Waals surface area (Å²) in [5.41, 5.74) is 0.516. The van der Waals surface area contributed by atoms with Crippen LogP contribution in [0.3, 0.4) is 0 Å². The Morgan fingerprint density at radius 2 is 0.722 bits per heavy atom. The molecule has 0 unspecified atom stereocenters. The predicted molar refractivity (Wildman–Crippen MR) is 230 cm³/mol. The van der Waals surface area contributed by atoms with Crippen LogP contribution >= 0.6 is 0 Å². The molecule has 0 N–H and O–H groups in total. The summed E-state index contributed by atoms with van der Waals surface area (Å²) in [5, 5.41) is 0. The Balaban J connectivity index is 1.84. The maximum Gasteiger partial charge on any atom is 0.303 e. The van der Waals surface area contributed by atoms with Crippen molar-refractivity contribution in [3.8, 4) is 0 Å². The topological polar surface area (TPSA) is 326 Å². The highest BCUT2D eigenvalue weighted by molar-refractivity contribution is 5.86. The van der Waals surface area contributed by atoms with E-state index in [1.807, 2.05) is 0 Å². The summed E-state index contributed by atoms with van der Waals surface area (Å²) in [6.07, 6.45) is -26.6. The first-order valence-electron chi connectivity index (χ1n) is 22.3. The molecule has 26 nitrogen and oxygen atoms in total. The Bertz CT molecular complexity index is 2140. The predicted octanol–water partition coefficient (Wildman–Crippen LogP) is -0.00300. The molecule has 1 aromatic rings. The van der Waals surface area contributed by atoms with E-state index in [1.165, 1.54) is 0 Å². The molecule has 15 atom stereocenters. The highest BCUT2D eigenvalue weighted by Gasteiger charge is 2.59. The Hall–Kier alpha value is -6.61. The van der Waals surface area contributed by atoms with Crippen molar-refractivity contribution in [3.63, 3.8) is 0 Å². The van der Waals surface area contributed by atoms with E-state index in [4.69, 9.17) is 71.1 Å². The van der Waals surface area contributed by atoms with Crippen LogP contribution in [-0.4, -0.2) is 177 Å². The van der Waals surface area contributed by atoms with Crippen LogP contribution in [0.5, 0.6) is 0 Å². The number of carbonyl (C=O) groups is 11. The molecule has 0 aliphatic carbocycles. The fourth-order valence-corrected chi connectivity index (χ4v) is 7.98. The Kier molecular flexibility index (Phi) is 21.5. The van der Waals surface area contributed by atoms with Gasteiger partial charge in [0.2, 0.25) is 0 Å². The number of hydrogen-bond acceptors (Lipinski definition) is 26. The van der Waals surface area contributed by atoms with Crippen molar-refractivity contribution in [2.75, 3.05) is 19.8 Å². The molecular formula is C46H58O26. The second-order valence-electron chi connectivity index (χ2n) is 16.4. The largest absolute Gasteiger partial charge is 0.463 e. The van der Waals surface area contributed by atoms with Gasteiger partial charge in [-0.2, -0.15) is 0 Å². The van der Waals surface area contributed by atoms with E-state index >= 15 is 0 Å². The number of ketones is 1.